The van der Waals surface area contributed by atoms with Crippen LogP contribution in [0.5, 0.6) is 0 Å². The number of carbonyl (C=O) groups excluding carboxylic acids is 3. The topological polar surface area (TPSA) is 113 Å². The molecule has 30 heavy (non-hydrogen) atoms. The second-order valence-corrected chi connectivity index (χ2v) is 7.43. The number of urea groups is 1. The van der Waals surface area contributed by atoms with Crippen molar-refractivity contribution in [2.75, 3.05) is 13.6 Å². The lowest BCUT2D eigenvalue weighted by Gasteiger charge is -2.23. The molecule has 1 N–H and O–H groups in total. The molecular weight excluding hydrogens is 388 g/mol. The summed E-state index contributed by atoms with van der Waals surface area (Å²) in [5, 5.41) is 13.4. The number of benzene rings is 2. The average molecular weight is 410 g/mol. The molecule has 0 spiro atoms. The van der Waals surface area contributed by atoms with Crippen molar-refractivity contribution in [1.82, 2.24) is 15.1 Å². The zero-order valence-electron chi connectivity index (χ0n) is 16.9. The molecule has 156 valence electrons. The number of hydrogen-bond acceptors (Lipinski definition) is 5. The van der Waals surface area contributed by atoms with Gasteiger partial charge in [-0.3, -0.25) is 24.6 Å². The van der Waals surface area contributed by atoms with Gasteiger partial charge in [-0.15, -0.1) is 0 Å². The SMILES string of the molecule is Cc1ccccc1CN(C)C(=O)CN1C(=O)NC(C)(c2ccc([N+](=O)[O-])cc2)C1=O. The number of carbonyl (C=O) groups is 3. The number of nitrogens with one attached hydrogen (secondary N) is 1. The summed E-state index contributed by atoms with van der Waals surface area (Å²) in [6, 6.07) is 12.4. The van der Waals surface area contributed by atoms with E-state index in [0.29, 0.717) is 12.1 Å². The van der Waals surface area contributed by atoms with Gasteiger partial charge in [0.25, 0.3) is 11.6 Å². The Bertz CT molecular complexity index is 1020. The molecule has 0 aliphatic carbocycles. The van der Waals surface area contributed by atoms with Gasteiger partial charge < -0.3 is 10.2 Å². The molecule has 1 aliphatic heterocycles. The predicted molar refractivity (Wildman–Crippen MR) is 108 cm³/mol. The lowest BCUT2D eigenvalue weighted by atomic mass is 9.92. The van der Waals surface area contributed by atoms with Gasteiger partial charge in [-0.25, -0.2) is 4.79 Å². The number of non-ortho nitro benzene ring substituents is 1. The summed E-state index contributed by atoms with van der Waals surface area (Å²) in [5.74, 6) is -0.964. The Morgan fingerprint density at radius 3 is 2.40 bits per heavy atom. The molecule has 0 radical (unpaired) electrons. The van der Waals surface area contributed by atoms with Crippen molar-refractivity contribution in [2.45, 2.75) is 25.9 Å². The third-order valence-electron chi connectivity index (χ3n) is 5.32. The molecule has 1 unspecified atom stereocenters. The fourth-order valence-corrected chi connectivity index (χ4v) is 3.34. The molecule has 2 aromatic rings. The van der Waals surface area contributed by atoms with Gasteiger partial charge in [0, 0.05) is 25.7 Å². The first-order valence-electron chi connectivity index (χ1n) is 9.31. The maximum absolute atomic E-state index is 13.0. The van der Waals surface area contributed by atoms with Crippen molar-refractivity contribution in [3.8, 4) is 0 Å². The minimum Gasteiger partial charge on any atom is -0.340 e. The van der Waals surface area contributed by atoms with E-state index in [4.69, 9.17) is 0 Å². The van der Waals surface area contributed by atoms with Crippen LogP contribution in [0.2, 0.25) is 0 Å². The highest BCUT2D eigenvalue weighted by molar-refractivity contribution is 6.09. The number of imide groups is 1. The summed E-state index contributed by atoms with van der Waals surface area (Å²) in [5.41, 5.74) is 0.888. The van der Waals surface area contributed by atoms with Gasteiger partial charge in [0.05, 0.1) is 4.92 Å². The van der Waals surface area contributed by atoms with Crippen LogP contribution in [-0.4, -0.2) is 46.2 Å². The summed E-state index contributed by atoms with van der Waals surface area (Å²) in [7, 11) is 1.61. The van der Waals surface area contributed by atoms with E-state index in [1.165, 1.54) is 36.1 Å². The molecule has 1 heterocycles. The van der Waals surface area contributed by atoms with Crippen LogP contribution in [-0.2, 0) is 21.7 Å². The largest absolute Gasteiger partial charge is 0.340 e. The number of rotatable bonds is 6. The lowest BCUT2D eigenvalue weighted by molar-refractivity contribution is -0.384. The molecule has 1 fully saturated rings. The van der Waals surface area contributed by atoms with Crippen LogP contribution in [0.4, 0.5) is 10.5 Å². The van der Waals surface area contributed by atoms with Crippen LogP contribution < -0.4 is 5.32 Å². The number of nitrogens with zero attached hydrogens (tertiary/aromatic N) is 3. The predicted octanol–water partition coefficient (Wildman–Crippen LogP) is 2.33. The Hall–Kier alpha value is -3.75. The molecule has 0 saturated carbocycles. The maximum Gasteiger partial charge on any atom is 0.325 e. The second-order valence-electron chi connectivity index (χ2n) is 7.43. The fraction of sp³-hybridized carbons (Fsp3) is 0.286. The average Bonchev–Trinajstić information content (AvgIpc) is 2.93. The second kappa shape index (κ2) is 7.94. The number of nitro groups is 1. The van der Waals surface area contributed by atoms with Crippen LogP contribution in [0, 0.1) is 17.0 Å². The molecule has 1 saturated heterocycles. The molecular formula is C21H22N4O5. The van der Waals surface area contributed by atoms with Gasteiger partial charge in [-0.05, 0) is 42.7 Å². The molecule has 4 amide bonds. The minimum absolute atomic E-state index is 0.121. The Morgan fingerprint density at radius 2 is 1.80 bits per heavy atom. The quantitative estimate of drug-likeness (QED) is 0.446. The van der Waals surface area contributed by atoms with E-state index in [0.717, 1.165) is 16.0 Å². The van der Waals surface area contributed by atoms with Crippen LogP contribution in [0.25, 0.3) is 0 Å². The fourth-order valence-electron chi connectivity index (χ4n) is 3.34. The van der Waals surface area contributed by atoms with Crippen molar-refractivity contribution in [3.63, 3.8) is 0 Å². The molecule has 2 aromatic carbocycles. The van der Waals surface area contributed by atoms with Gasteiger partial charge >= 0.3 is 6.03 Å². The van der Waals surface area contributed by atoms with E-state index in [1.807, 2.05) is 31.2 Å². The smallest absolute Gasteiger partial charge is 0.325 e. The zero-order valence-corrected chi connectivity index (χ0v) is 16.9. The van der Waals surface area contributed by atoms with Gasteiger partial charge in [-0.2, -0.15) is 0 Å². The third kappa shape index (κ3) is 3.86. The van der Waals surface area contributed by atoms with Crippen molar-refractivity contribution < 1.29 is 19.3 Å². The first-order chi connectivity index (χ1) is 14.1. The van der Waals surface area contributed by atoms with E-state index in [1.54, 1.807) is 7.05 Å². The molecule has 0 aromatic heterocycles. The molecule has 0 bridgehead atoms. The highest BCUT2D eigenvalue weighted by Gasteiger charge is 2.49. The summed E-state index contributed by atoms with van der Waals surface area (Å²) >= 11 is 0. The lowest BCUT2D eigenvalue weighted by Crippen LogP contribution is -2.43. The van der Waals surface area contributed by atoms with Gasteiger partial charge in [-0.1, -0.05) is 24.3 Å². The normalized spacial score (nSPS) is 18.3. The zero-order chi connectivity index (χ0) is 22.1. The van der Waals surface area contributed by atoms with Crippen LogP contribution in [0.3, 0.4) is 0 Å². The Labute approximate surface area is 173 Å². The molecule has 9 nitrogen and oxygen atoms in total. The Morgan fingerprint density at radius 1 is 1.17 bits per heavy atom. The molecule has 9 heteroatoms. The monoisotopic (exact) mass is 410 g/mol. The molecule has 3 rings (SSSR count). The van der Waals surface area contributed by atoms with Crippen LogP contribution >= 0.6 is 0 Å². The number of nitro benzene ring substituents is 1. The van der Waals surface area contributed by atoms with E-state index >= 15 is 0 Å². The van der Waals surface area contributed by atoms with E-state index in [-0.39, 0.29) is 11.6 Å². The Balaban J connectivity index is 1.73. The standard InChI is InChI=1S/C21H22N4O5/c1-14-6-4-5-7-15(14)12-23(3)18(26)13-24-19(27)21(2,22-20(24)28)16-8-10-17(11-9-16)25(29)30/h4-11H,12-13H2,1-3H3,(H,22,28). The van der Waals surface area contributed by atoms with Crippen molar-refractivity contribution >= 4 is 23.5 Å². The van der Waals surface area contributed by atoms with E-state index in [2.05, 4.69) is 5.32 Å². The van der Waals surface area contributed by atoms with E-state index < -0.39 is 28.9 Å². The summed E-state index contributed by atoms with van der Waals surface area (Å²) in [4.78, 5) is 50.7. The van der Waals surface area contributed by atoms with Gasteiger partial charge in [0.1, 0.15) is 12.1 Å². The van der Waals surface area contributed by atoms with Crippen LogP contribution in [0.1, 0.15) is 23.6 Å². The van der Waals surface area contributed by atoms with Crippen LogP contribution in [0.15, 0.2) is 48.5 Å². The first-order valence-corrected chi connectivity index (χ1v) is 9.31. The number of aryl methyl sites for hydroxylation is 1. The van der Waals surface area contributed by atoms with Crippen molar-refractivity contribution in [2.24, 2.45) is 0 Å². The minimum atomic E-state index is -1.40. The molecule has 1 atom stereocenters. The number of hydrogen-bond donors (Lipinski definition) is 1. The first kappa shape index (κ1) is 21.0. The van der Waals surface area contributed by atoms with Gasteiger partial charge in [0.15, 0.2) is 0 Å². The highest BCUT2D eigenvalue weighted by atomic mass is 16.6. The number of likely N-dealkylation sites (N-methyl/N-ethyl adjacent to an activating group) is 1. The van der Waals surface area contributed by atoms with Crippen molar-refractivity contribution in [3.05, 3.63) is 75.3 Å². The summed E-state index contributed by atoms with van der Waals surface area (Å²) in [6.07, 6.45) is 0. The van der Waals surface area contributed by atoms with E-state index in [9.17, 15) is 24.5 Å². The maximum atomic E-state index is 13.0. The summed E-state index contributed by atoms with van der Waals surface area (Å²) < 4.78 is 0. The number of amides is 4. The van der Waals surface area contributed by atoms with Gasteiger partial charge in [0.2, 0.25) is 5.91 Å². The highest BCUT2D eigenvalue weighted by Crippen LogP contribution is 2.30. The summed E-state index contributed by atoms with van der Waals surface area (Å²) in [6.45, 7) is 3.42. The Kier molecular flexibility index (Phi) is 5.55. The van der Waals surface area contributed by atoms with Crippen molar-refractivity contribution in [1.29, 1.82) is 0 Å². The molecule has 1 aliphatic rings. The third-order valence-corrected chi connectivity index (χ3v) is 5.32.